The Kier molecular flexibility index (Phi) is 4.33. The van der Waals surface area contributed by atoms with E-state index in [4.69, 9.17) is 22.1 Å². The second-order valence-electron chi connectivity index (χ2n) is 5.31. The second-order valence-corrected chi connectivity index (χ2v) is 5.70. The lowest BCUT2D eigenvalue weighted by atomic mass is 10.1. The van der Waals surface area contributed by atoms with E-state index in [0.717, 1.165) is 18.4 Å². The molecule has 0 aliphatic carbocycles. The van der Waals surface area contributed by atoms with E-state index in [2.05, 4.69) is 21.9 Å². The summed E-state index contributed by atoms with van der Waals surface area (Å²) in [5.74, 6) is 0.331. The third-order valence-electron chi connectivity index (χ3n) is 3.84. The Morgan fingerprint density at radius 2 is 2.22 bits per heavy atom. The van der Waals surface area contributed by atoms with Crippen LogP contribution in [0.5, 0.6) is 0 Å². The monoisotopic (exact) mass is 336 g/mol. The first-order chi connectivity index (χ1) is 11.1. The smallest absolute Gasteiger partial charge is 0.410 e. The minimum atomic E-state index is -0.318. The predicted molar refractivity (Wildman–Crippen MR) is 86.1 cm³/mol. The SMILES string of the molecule is C=CCOC(=O)N1CCC(n2nc(N)c3nnc(Cl)cc32)CC1. The molecule has 0 radical (unpaired) electrons. The molecule has 1 amide bonds. The molecule has 3 rings (SSSR count). The van der Waals surface area contributed by atoms with E-state index in [1.54, 1.807) is 17.0 Å². The number of amides is 1. The van der Waals surface area contributed by atoms with Crippen LogP contribution in [0.25, 0.3) is 11.0 Å². The summed E-state index contributed by atoms with van der Waals surface area (Å²) in [6, 6.07) is 1.83. The maximum absolute atomic E-state index is 11.8. The van der Waals surface area contributed by atoms with Gasteiger partial charge in [-0.25, -0.2) is 4.79 Å². The summed E-state index contributed by atoms with van der Waals surface area (Å²) in [4.78, 5) is 13.5. The van der Waals surface area contributed by atoms with E-state index in [1.165, 1.54) is 0 Å². The number of hydrogen-bond acceptors (Lipinski definition) is 6. The molecule has 1 aliphatic rings. The van der Waals surface area contributed by atoms with Crippen molar-refractivity contribution < 1.29 is 9.53 Å². The number of likely N-dealkylation sites (tertiary alicyclic amines) is 1. The number of nitrogen functional groups attached to an aromatic ring is 1. The molecule has 0 spiro atoms. The van der Waals surface area contributed by atoms with E-state index in [9.17, 15) is 4.79 Å². The summed E-state index contributed by atoms with van der Waals surface area (Å²) in [7, 11) is 0. The number of carbonyl (C=O) groups excluding carboxylic acids is 1. The van der Waals surface area contributed by atoms with Gasteiger partial charge in [0.15, 0.2) is 16.5 Å². The first-order valence-corrected chi connectivity index (χ1v) is 7.67. The van der Waals surface area contributed by atoms with Crippen molar-refractivity contribution in [2.24, 2.45) is 0 Å². The van der Waals surface area contributed by atoms with Gasteiger partial charge in [-0.2, -0.15) is 5.10 Å². The lowest BCUT2D eigenvalue weighted by molar-refractivity contribution is 0.0964. The Bertz CT molecular complexity index is 738. The average Bonchev–Trinajstić information content (AvgIpc) is 2.89. The summed E-state index contributed by atoms with van der Waals surface area (Å²) in [5, 5.41) is 12.4. The number of rotatable bonds is 3. The molecule has 1 aliphatic heterocycles. The van der Waals surface area contributed by atoms with E-state index in [1.807, 2.05) is 4.68 Å². The van der Waals surface area contributed by atoms with Crippen molar-refractivity contribution in [2.75, 3.05) is 25.4 Å². The molecule has 2 aromatic rings. The molecule has 23 heavy (non-hydrogen) atoms. The highest BCUT2D eigenvalue weighted by atomic mass is 35.5. The number of carbonyl (C=O) groups is 1. The van der Waals surface area contributed by atoms with Crippen LogP contribution in [0.2, 0.25) is 5.15 Å². The quantitative estimate of drug-likeness (QED) is 0.861. The first kappa shape index (κ1) is 15.5. The van der Waals surface area contributed by atoms with Gasteiger partial charge in [0.2, 0.25) is 0 Å². The fourth-order valence-electron chi connectivity index (χ4n) is 2.73. The highest BCUT2D eigenvalue weighted by Crippen LogP contribution is 2.29. The summed E-state index contributed by atoms with van der Waals surface area (Å²) >= 11 is 5.92. The molecule has 2 N–H and O–H groups in total. The van der Waals surface area contributed by atoms with Crippen LogP contribution in [0.15, 0.2) is 18.7 Å². The van der Waals surface area contributed by atoms with Crippen LogP contribution in [0, 0.1) is 0 Å². The highest BCUT2D eigenvalue weighted by Gasteiger charge is 2.27. The lowest BCUT2D eigenvalue weighted by Gasteiger charge is -2.31. The predicted octanol–water partition coefficient (Wildman–Crippen LogP) is 2.02. The zero-order valence-electron chi connectivity index (χ0n) is 12.5. The molecule has 122 valence electrons. The van der Waals surface area contributed by atoms with E-state index >= 15 is 0 Å². The van der Waals surface area contributed by atoms with Gasteiger partial charge in [-0.3, -0.25) is 4.68 Å². The number of nitrogens with two attached hydrogens (primary N) is 1. The summed E-state index contributed by atoms with van der Waals surface area (Å²) in [6.07, 6.45) is 2.73. The van der Waals surface area contributed by atoms with Crippen LogP contribution in [0.3, 0.4) is 0 Å². The zero-order valence-corrected chi connectivity index (χ0v) is 13.2. The molecule has 9 heteroatoms. The van der Waals surface area contributed by atoms with Crippen molar-refractivity contribution in [2.45, 2.75) is 18.9 Å². The van der Waals surface area contributed by atoms with Crippen molar-refractivity contribution in [3.05, 3.63) is 23.9 Å². The third kappa shape index (κ3) is 3.07. The second kappa shape index (κ2) is 6.41. The Hall–Kier alpha value is -2.35. The van der Waals surface area contributed by atoms with Gasteiger partial charge in [0.1, 0.15) is 6.61 Å². The van der Waals surface area contributed by atoms with Gasteiger partial charge in [0.25, 0.3) is 0 Å². The van der Waals surface area contributed by atoms with Gasteiger partial charge in [0, 0.05) is 19.2 Å². The van der Waals surface area contributed by atoms with Gasteiger partial charge >= 0.3 is 6.09 Å². The minimum absolute atomic E-state index is 0.124. The lowest BCUT2D eigenvalue weighted by Crippen LogP contribution is -2.39. The number of aromatic nitrogens is 4. The van der Waals surface area contributed by atoms with Gasteiger partial charge in [-0.05, 0) is 12.8 Å². The normalized spacial score (nSPS) is 15.8. The molecular weight excluding hydrogens is 320 g/mol. The summed E-state index contributed by atoms with van der Waals surface area (Å²) in [5.41, 5.74) is 7.20. The topological polar surface area (TPSA) is 99.2 Å². The van der Waals surface area contributed by atoms with Crippen LogP contribution in [-0.2, 0) is 4.74 Å². The fourth-order valence-corrected chi connectivity index (χ4v) is 2.87. The number of halogens is 1. The maximum Gasteiger partial charge on any atom is 0.410 e. The zero-order chi connectivity index (χ0) is 16.4. The highest BCUT2D eigenvalue weighted by molar-refractivity contribution is 6.29. The number of ether oxygens (including phenoxy) is 1. The van der Waals surface area contributed by atoms with Crippen molar-refractivity contribution in [1.29, 1.82) is 0 Å². The van der Waals surface area contributed by atoms with Gasteiger partial charge < -0.3 is 15.4 Å². The van der Waals surface area contributed by atoms with Crippen molar-refractivity contribution >= 4 is 34.5 Å². The van der Waals surface area contributed by atoms with E-state index in [-0.39, 0.29) is 18.7 Å². The van der Waals surface area contributed by atoms with Crippen LogP contribution in [-0.4, -0.2) is 50.7 Å². The summed E-state index contributed by atoms with van der Waals surface area (Å²) in [6.45, 7) is 4.93. The molecule has 0 aromatic carbocycles. The number of hydrogen-bond donors (Lipinski definition) is 1. The van der Waals surface area contributed by atoms with Crippen LogP contribution in [0.4, 0.5) is 10.6 Å². The van der Waals surface area contributed by atoms with Gasteiger partial charge in [0.05, 0.1) is 11.6 Å². The number of piperidine rings is 1. The number of anilines is 1. The molecule has 8 nitrogen and oxygen atoms in total. The Morgan fingerprint density at radius 1 is 1.48 bits per heavy atom. The maximum atomic E-state index is 11.8. The third-order valence-corrected chi connectivity index (χ3v) is 4.03. The minimum Gasteiger partial charge on any atom is -0.445 e. The largest absolute Gasteiger partial charge is 0.445 e. The van der Waals surface area contributed by atoms with E-state index < -0.39 is 0 Å². The molecule has 0 bridgehead atoms. The molecule has 1 fully saturated rings. The van der Waals surface area contributed by atoms with Crippen LogP contribution < -0.4 is 5.73 Å². The van der Waals surface area contributed by atoms with Gasteiger partial charge in [-0.1, -0.05) is 24.3 Å². The first-order valence-electron chi connectivity index (χ1n) is 7.29. The Labute approximate surface area is 137 Å². The number of fused-ring (bicyclic) bond motifs is 1. The molecule has 2 aromatic heterocycles. The average molecular weight is 337 g/mol. The summed E-state index contributed by atoms with van der Waals surface area (Å²) < 4.78 is 6.88. The number of nitrogens with zero attached hydrogens (tertiary/aromatic N) is 5. The van der Waals surface area contributed by atoms with Crippen LogP contribution >= 0.6 is 11.6 Å². The molecule has 1 saturated heterocycles. The fraction of sp³-hybridized carbons (Fsp3) is 0.429. The molecule has 0 atom stereocenters. The molecule has 0 unspecified atom stereocenters. The van der Waals surface area contributed by atoms with Crippen molar-refractivity contribution in [1.82, 2.24) is 24.9 Å². The van der Waals surface area contributed by atoms with Crippen molar-refractivity contribution in [3.63, 3.8) is 0 Å². The van der Waals surface area contributed by atoms with E-state index in [0.29, 0.717) is 29.6 Å². The standard InChI is InChI=1S/C14H17ClN6O2/c1-2-7-23-14(22)20-5-3-9(4-6-20)21-10-8-11(15)17-18-12(10)13(16)19-21/h2,8-9H,1,3-7H2,(H2,16,19). The Balaban J connectivity index is 1.74. The molecular formula is C14H17ClN6O2. The van der Waals surface area contributed by atoms with Crippen LogP contribution in [0.1, 0.15) is 18.9 Å². The molecule has 3 heterocycles. The van der Waals surface area contributed by atoms with Gasteiger partial charge in [-0.15, -0.1) is 10.2 Å². The molecule has 0 saturated carbocycles. The van der Waals surface area contributed by atoms with Crippen molar-refractivity contribution in [3.8, 4) is 0 Å². The Morgan fingerprint density at radius 3 is 2.91 bits per heavy atom.